The summed E-state index contributed by atoms with van der Waals surface area (Å²) in [6, 6.07) is 0. The van der Waals surface area contributed by atoms with Gasteiger partial charge in [-0.1, -0.05) is 11.8 Å². The van der Waals surface area contributed by atoms with Gasteiger partial charge >= 0.3 is 0 Å². The van der Waals surface area contributed by atoms with E-state index in [1.54, 1.807) is 23.6 Å². The molecule has 0 aliphatic carbocycles. The lowest BCUT2D eigenvalue weighted by molar-refractivity contribution is -0.127. The fraction of sp³-hybridized carbons (Fsp3) is 0.750. The molecule has 2 heterocycles. The highest BCUT2D eigenvalue weighted by atomic mass is 32.2. The second kappa shape index (κ2) is 5.96. The summed E-state index contributed by atoms with van der Waals surface area (Å²) < 4.78 is 24.9. The largest absolute Gasteiger partial charge is 0.348 e. The molecule has 0 spiro atoms. The smallest absolute Gasteiger partial charge is 0.235 e. The van der Waals surface area contributed by atoms with Gasteiger partial charge in [0.2, 0.25) is 5.91 Å². The fourth-order valence-electron chi connectivity index (χ4n) is 2.36. The number of thioether (sulfide) groups is 1. The van der Waals surface area contributed by atoms with Gasteiger partial charge in [0.25, 0.3) is 0 Å². The Labute approximate surface area is 129 Å². The van der Waals surface area contributed by atoms with Crippen LogP contribution < -0.4 is 0 Å². The zero-order valence-corrected chi connectivity index (χ0v) is 14.2. The Bertz CT molecular complexity index is 639. The molecule has 1 saturated heterocycles. The second-order valence-electron chi connectivity index (χ2n) is 5.49. The molecule has 2 atom stereocenters. The van der Waals surface area contributed by atoms with Crippen LogP contribution in [0.5, 0.6) is 0 Å². The highest BCUT2D eigenvalue weighted by Crippen LogP contribution is 2.30. The van der Waals surface area contributed by atoms with E-state index in [-0.39, 0.29) is 28.6 Å². The molecule has 118 valence electrons. The first-order valence-electron chi connectivity index (χ1n) is 6.69. The summed E-state index contributed by atoms with van der Waals surface area (Å²) in [4.78, 5) is 13.4. The van der Waals surface area contributed by atoms with Crippen LogP contribution in [0, 0.1) is 0 Å². The lowest BCUT2D eigenvalue weighted by Gasteiger charge is -2.16. The number of carbonyl (C=O) groups excluding carboxylic acids is 1. The van der Waals surface area contributed by atoms with Crippen molar-refractivity contribution in [2.24, 2.45) is 7.05 Å². The third kappa shape index (κ3) is 3.57. The summed E-state index contributed by atoms with van der Waals surface area (Å²) in [7, 11) is 2.29. The number of sulfone groups is 1. The highest BCUT2D eigenvalue weighted by Gasteiger charge is 2.33. The molecule has 0 unspecified atom stereocenters. The van der Waals surface area contributed by atoms with E-state index in [0.717, 1.165) is 0 Å². The van der Waals surface area contributed by atoms with Crippen molar-refractivity contribution >= 4 is 27.5 Å². The Hall–Kier alpha value is -1.09. The zero-order valence-electron chi connectivity index (χ0n) is 12.6. The molecule has 9 heteroatoms. The molecule has 2 rings (SSSR count). The summed E-state index contributed by atoms with van der Waals surface area (Å²) >= 11 is 1.33. The summed E-state index contributed by atoms with van der Waals surface area (Å²) in [5.41, 5.74) is 0. The Morgan fingerprint density at radius 2 is 2.10 bits per heavy atom. The second-order valence-corrected chi connectivity index (χ2v) is 9.03. The van der Waals surface area contributed by atoms with Crippen LogP contribution in [0.25, 0.3) is 0 Å². The van der Waals surface area contributed by atoms with Crippen molar-refractivity contribution in [3.63, 3.8) is 0 Å². The highest BCUT2D eigenvalue weighted by molar-refractivity contribution is 8.00. The van der Waals surface area contributed by atoms with E-state index in [9.17, 15) is 13.2 Å². The molecule has 0 saturated carbocycles. The molecule has 1 aliphatic rings. The van der Waals surface area contributed by atoms with Gasteiger partial charge in [-0.2, -0.15) is 0 Å². The molecule has 21 heavy (non-hydrogen) atoms. The van der Waals surface area contributed by atoms with E-state index < -0.39 is 9.84 Å². The van der Waals surface area contributed by atoms with Crippen LogP contribution in [0.15, 0.2) is 5.16 Å². The maximum absolute atomic E-state index is 11.9. The van der Waals surface area contributed by atoms with E-state index in [2.05, 4.69) is 10.2 Å². The van der Waals surface area contributed by atoms with Crippen molar-refractivity contribution in [3.05, 3.63) is 5.82 Å². The molecule has 0 bridgehead atoms. The normalized spacial score (nSPS) is 22.2. The number of hydrogen-bond acceptors (Lipinski definition) is 6. The summed E-state index contributed by atoms with van der Waals surface area (Å²) in [6.45, 7) is 1.82. The zero-order chi connectivity index (χ0) is 15.8. The van der Waals surface area contributed by atoms with Gasteiger partial charge in [-0.05, 0) is 13.3 Å². The quantitative estimate of drug-likeness (QED) is 0.737. The van der Waals surface area contributed by atoms with Gasteiger partial charge in [0, 0.05) is 27.1 Å². The SMILES string of the molecule is C[C@@H](Sc1nnc([C@H]2CCS(=O)(=O)C2)n1C)C(=O)N(C)C. The van der Waals surface area contributed by atoms with Crippen molar-refractivity contribution in [1.82, 2.24) is 19.7 Å². The molecule has 1 aromatic heterocycles. The van der Waals surface area contributed by atoms with Crippen LogP contribution in [0.3, 0.4) is 0 Å². The minimum atomic E-state index is -2.95. The van der Waals surface area contributed by atoms with Gasteiger partial charge in [0.1, 0.15) is 5.82 Å². The number of hydrogen-bond donors (Lipinski definition) is 0. The van der Waals surface area contributed by atoms with Crippen LogP contribution in [-0.2, 0) is 21.7 Å². The number of nitrogens with zero attached hydrogens (tertiary/aromatic N) is 4. The van der Waals surface area contributed by atoms with Crippen molar-refractivity contribution in [2.75, 3.05) is 25.6 Å². The van der Waals surface area contributed by atoms with E-state index >= 15 is 0 Å². The predicted molar refractivity (Wildman–Crippen MR) is 81.0 cm³/mol. The van der Waals surface area contributed by atoms with Gasteiger partial charge in [-0.25, -0.2) is 8.42 Å². The van der Waals surface area contributed by atoms with Gasteiger partial charge in [0.05, 0.1) is 16.8 Å². The monoisotopic (exact) mass is 332 g/mol. The van der Waals surface area contributed by atoms with Crippen LogP contribution >= 0.6 is 11.8 Å². The van der Waals surface area contributed by atoms with Crippen molar-refractivity contribution < 1.29 is 13.2 Å². The van der Waals surface area contributed by atoms with E-state index in [1.165, 1.54) is 11.8 Å². The lowest BCUT2D eigenvalue weighted by Crippen LogP contribution is -2.29. The first-order chi connectivity index (χ1) is 9.71. The third-order valence-electron chi connectivity index (χ3n) is 3.54. The predicted octanol–water partition coefficient (Wildman–Crippen LogP) is 0.286. The minimum Gasteiger partial charge on any atom is -0.348 e. The molecule has 0 radical (unpaired) electrons. The van der Waals surface area contributed by atoms with Gasteiger partial charge in [-0.15, -0.1) is 10.2 Å². The minimum absolute atomic E-state index is 0.00740. The molecule has 7 nitrogen and oxygen atoms in total. The van der Waals surface area contributed by atoms with Crippen LogP contribution in [0.4, 0.5) is 0 Å². The van der Waals surface area contributed by atoms with Crippen molar-refractivity contribution in [1.29, 1.82) is 0 Å². The maximum atomic E-state index is 11.9. The summed E-state index contributed by atoms with van der Waals surface area (Å²) in [5, 5.41) is 8.60. The van der Waals surface area contributed by atoms with Gasteiger partial charge in [-0.3, -0.25) is 4.79 Å². The van der Waals surface area contributed by atoms with Gasteiger partial charge in [0.15, 0.2) is 15.0 Å². The molecule has 1 amide bonds. The Morgan fingerprint density at radius 1 is 1.43 bits per heavy atom. The molecule has 1 aliphatic heterocycles. The van der Waals surface area contributed by atoms with Crippen LogP contribution in [0.1, 0.15) is 25.1 Å². The van der Waals surface area contributed by atoms with E-state index in [4.69, 9.17) is 0 Å². The van der Waals surface area contributed by atoms with Crippen LogP contribution in [-0.4, -0.2) is 64.8 Å². The molecule has 0 N–H and O–H groups in total. The molecular formula is C12H20N4O3S2. The number of rotatable bonds is 4. The topological polar surface area (TPSA) is 85.2 Å². The average Bonchev–Trinajstić information content (AvgIpc) is 2.92. The maximum Gasteiger partial charge on any atom is 0.235 e. The van der Waals surface area contributed by atoms with Crippen LogP contribution in [0.2, 0.25) is 0 Å². The van der Waals surface area contributed by atoms with Gasteiger partial charge < -0.3 is 9.47 Å². The summed E-state index contributed by atoms with van der Waals surface area (Å²) in [6.07, 6.45) is 0.588. The first-order valence-corrected chi connectivity index (χ1v) is 9.39. The Kier molecular flexibility index (Phi) is 4.62. The Morgan fingerprint density at radius 3 is 2.62 bits per heavy atom. The first kappa shape index (κ1) is 16.3. The fourth-order valence-corrected chi connectivity index (χ4v) is 5.06. The third-order valence-corrected chi connectivity index (χ3v) is 6.43. The van der Waals surface area contributed by atoms with Crippen molar-refractivity contribution in [3.8, 4) is 0 Å². The average molecular weight is 332 g/mol. The number of aromatic nitrogens is 3. The molecule has 0 aromatic carbocycles. The standard InChI is InChI=1S/C12H20N4O3S2/c1-8(11(17)15(2)3)20-12-14-13-10(16(12)4)9-5-6-21(18,19)7-9/h8-9H,5-7H2,1-4H3/t8-,9+/m1/s1. The van der Waals surface area contributed by atoms with Crippen molar-refractivity contribution in [2.45, 2.75) is 29.7 Å². The molecule has 1 aromatic rings. The van der Waals surface area contributed by atoms with E-state index in [0.29, 0.717) is 17.4 Å². The number of amides is 1. The summed E-state index contributed by atoms with van der Waals surface area (Å²) in [5.74, 6) is 0.941. The lowest BCUT2D eigenvalue weighted by atomic mass is 10.1. The number of carbonyl (C=O) groups is 1. The Balaban J connectivity index is 2.13. The molecular weight excluding hydrogens is 312 g/mol. The molecule has 1 fully saturated rings. The van der Waals surface area contributed by atoms with E-state index in [1.807, 2.05) is 14.0 Å².